The van der Waals surface area contributed by atoms with Crippen molar-refractivity contribution in [3.05, 3.63) is 0 Å². The van der Waals surface area contributed by atoms with Gasteiger partial charge in [0, 0.05) is 18.3 Å². The average Bonchev–Trinajstić information content (AvgIpc) is 1.88. The maximum atomic E-state index is 5.62. The van der Waals surface area contributed by atoms with Crippen molar-refractivity contribution in [1.29, 1.82) is 0 Å². The summed E-state index contributed by atoms with van der Waals surface area (Å²) in [6.07, 6.45) is 3.41. The number of hydrogen-bond donors (Lipinski definition) is 1. The van der Waals surface area contributed by atoms with Crippen LogP contribution in [-0.2, 0) is 0 Å². The minimum Gasteiger partial charge on any atom is -0.375 e. The summed E-state index contributed by atoms with van der Waals surface area (Å²) in [5.74, 6) is 0. The largest absolute Gasteiger partial charge is 0.375 e. The molecule has 0 aromatic carbocycles. The Bertz CT molecular complexity index is 108. The standard InChI is InChI=1S/C6H13ClN2S/c1-2-3-4-5-9(7)6(8)10/h2-5H2,1H3,(H2,8,10). The van der Waals surface area contributed by atoms with Crippen molar-refractivity contribution in [2.45, 2.75) is 26.2 Å². The van der Waals surface area contributed by atoms with E-state index in [4.69, 9.17) is 17.5 Å². The SMILES string of the molecule is CCCCCN(Cl)C(N)=S. The van der Waals surface area contributed by atoms with E-state index < -0.39 is 0 Å². The van der Waals surface area contributed by atoms with E-state index in [1.807, 2.05) is 0 Å². The molecule has 0 spiro atoms. The zero-order valence-corrected chi connectivity index (χ0v) is 7.71. The van der Waals surface area contributed by atoms with Crippen LogP contribution >= 0.6 is 24.0 Å². The van der Waals surface area contributed by atoms with Gasteiger partial charge in [0.1, 0.15) is 0 Å². The van der Waals surface area contributed by atoms with Crippen LogP contribution in [0.3, 0.4) is 0 Å². The molecule has 0 rings (SSSR count). The molecule has 0 aromatic rings. The lowest BCUT2D eigenvalue weighted by Crippen LogP contribution is -2.27. The zero-order valence-electron chi connectivity index (χ0n) is 6.14. The Kier molecular flexibility index (Phi) is 5.73. The maximum Gasteiger partial charge on any atom is 0.181 e. The highest BCUT2D eigenvalue weighted by Gasteiger charge is 1.99. The number of nitrogens with zero attached hydrogens (tertiary/aromatic N) is 1. The molecule has 4 heteroatoms. The molecular formula is C6H13ClN2S. The highest BCUT2D eigenvalue weighted by molar-refractivity contribution is 7.80. The molecule has 0 fully saturated rings. The monoisotopic (exact) mass is 180 g/mol. The predicted molar refractivity (Wildman–Crippen MR) is 48.9 cm³/mol. The van der Waals surface area contributed by atoms with Gasteiger partial charge >= 0.3 is 0 Å². The van der Waals surface area contributed by atoms with Crippen LogP contribution in [0.5, 0.6) is 0 Å². The minimum atomic E-state index is 0.262. The van der Waals surface area contributed by atoms with Gasteiger partial charge < -0.3 is 5.73 Å². The van der Waals surface area contributed by atoms with Crippen molar-refractivity contribution in [2.24, 2.45) is 5.73 Å². The van der Waals surface area contributed by atoms with Gasteiger partial charge in [-0.2, -0.15) is 0 Å². The molecular weight excluding hydrogens is 168 g/mol. The molecule has 0 aliphatic carbocycles. The van der Waals surface area contributed by atoms with Crippen molar-refractivity contribution < 1.29 is 0 Å². The van der Waals surface area contributed by atoms with Gasteiger partial charge in [-0.05, 0) is 18.6 Å². The molecule has 0 aromatic heterocycles. The molecule has 0 bridgehead atoms. The lowest BCUT2D eigenvalue weighted by atomic mass is 10.2. The highest BCUT2D eigenvalue weighted by Crippen LogP contribution is 2.00. The predicted octanol–water partition coefficient (Wildman–Crippen LogP) is 1.88. The summed E-state index contributed by atoms with van der Waals surface area (Å²) in [6.45, 7) is 2.89. The number of nitrogens with two attached hydrogens (primary N) is 1. The number of rotatable bonds is 4. The Labute approximate surface area is 72.4 Å². The molecule has 0 heterocycles. The Morgan fingerprint density at radius 3 is 2.60 bits per heavy atom. The van der Waals surface area contributed by atoms with Crippen LogP contribution in [0.15, 0.2) is 0 Å². The van der Waals surface area contributed by atoms with Crippen molar-refractivity contribution in [1.82, 2.24) is 4.42 Å². The van der Waals surface area contributed by atoms with Crippen LogP contribution in [0.4, 0.5) is 0 Å². The molecule has 10 heavy (non-hydrogen) atoms. The maximum absolute atomic E-state index is 5.62. The molecule has 2 N–H and O–H groups in total. The summed E-state index contributed by atoms with van der Waals surface area (Å²) >= 11 is 10.3. The van der Waals surface area contributed by atoms with Crippen LogP contribution in [0.1, 0.15) is 26.2 Å². The van der Waals surface area contributed by atoms with E-state index in [9.17, 15) is 0 Å². The lowest BCUT2D eigenvalue weighted by molar-refractivity contribution is 0.585. The summed E-state index contributed by atoms with van der Waals surface area (Å²) < 4.78 is 1.38. The van der Waals surface area contributed by atoms with E-state index in [0.29, 0.717) is 0 Å². The lowest BCUT2D eigenvalue weighted by Gasteiger charge is -2.11. The van der Waals surface area contributed by atoms with Gasteiger partial charge in [-0.1, -0.05) is 19.8 Å². The van der Waals surface area contributed by atoms with Crippen LogP contribution in [-0.4, -0.2) is 16.1 Å². The molecule has 0 saturated heterocycles. The van der Waals surface area contributed by atoms with E-state index in [0.717, 1.165) is 13.0 Å². The van der Waals surface area contributed by atoms with Gasteiger partial charge in [0.25, 0.3) is 0 Å². The molecule has 0 saturated carbocycles. The summed E-state index contributed by atoms with van der Waals surface area (Å²) in [4.78, 5) is 0. The fourth-order valence-electron chi connectivity index (χ4n) is 0.611. The van der Waals surface area contributed by atoms with Gasteiger partial charge in [-0.3, -0.25) is 4.42 Å². The summed E-state index contributed by atoms with van der Waals surface area (Å²) in [5, 5.41) is 0.262. The van der Waals surface area contributed by atoms with Crippen LogP contribution < -0.4 is 5.73 Å². The van der Waals surface area contributed by atoms with Gasteiger partial charge in [-0.15, -0.1) is 0 Å². The second-order valence-corrected chi connectivity index (χ2v) is 2.96. The first kappa shape index (κ1) is 9.98. The average molecular weight is 181 g/mol. The van der Waals surface area contributed by atoms with Crippen LogP contribution in [0, 0.1) is 0 Å². The fourth-order valence-corrected chi connectivity index (χ4v) is 0.822. The number of hydrogen-bond acceptors (Lipinski definition) is 1. The van der Waals surface area contributed by atoms with Gasteiger partial charge in [-0.25, -0.2) is 0 Å². The van der Waals surface area contributed by atoms with Crippen molar-refractivity contribution in [2.75, 3.05) is 6.54 Å². The van der Waals surface area contributed by atoms with E-state index in [-0.39, 0.29) is 5.11 Å². The third-order valence-corrected chi connectivity index (χ3v) is 1.87. The molecule has 0 aliphatic heterocycles. The Morgan fingerprint density at radius 2 is 2.20 bits per heavy atom. The molecule has 0 atom stereocenters. The Hall–Kier alpha value is -0.0200. The smallest absolute Gasteiger partial charge is 0.181 e. The molecule has 0 radical (unpaired) electrons. The Morgan fingerprint density at radius 1 is 1.60 bits per heavy atom. The van der Waals surface area contributed by atoms with Gasteiger partial charge in [0.2, 0.25) is 0 Å². The van der Waals surface area contributed by atoms with E-state index >= 15 is 0 Å². The number of thiocarbonyl (C=S) groups is 1. The Balaban J connectivity index is 3.21. The molecule has 0 aliphatic rings. The van der Waals surface area contributed by atoms with E-state index in [1.165, 1.54) is 17.3 Å². The fraction of sp³-hybridized carbons (Fsp3) is 0.833. The number of halogens is 1. The van der Waals surface area contributed by atoms with Crippen molar-refractivity contribution >= 4 is 29.1 Å². The minimum absolute atomic E-state index is 0.262. The van der Waals surface area contributed by atoms with E-state index in [2.05, 4.69) is 19.1 Å². The second kappa shape index (κ2) is 5.74. The molecule has 2 nitrogen and oxygen atoms in total. The summed E-state index contributed by atoms with van der Waals surface area (Å²) in [7, 11) is 0. The first-order chi connectivity index (χ1) is 4.68. The van der Waals surface area contributed by atoms with Gasteiger partial charge in [0.05, 0.1) is 0 Å². The summed E-state index contributed by atoms with van der Waals surface area (Å²) in [6, 6.07) is 0. The first-order valence-electron chi connectivity index (χ1n) is 3.41. The topological polar surface area (TPSA) is 29.3 Å². The quantitative estimate of drug-likeness (QED) is 0.407. The van der Waals surface area contributed by atoms with Gasteiger partial charge in [0.15, 0.2) is 5.11 Å². The third-order valence-electron chi connectivity index (χ3n) is 1.20. The van der Waals surface area contributed by atoms with Crippen LogP contribution in [0.25, 0.3) is 0 Å². The summed E-state index contributed by atoms with van der Waals surface area (Å²) in [5.41, 5.74) is 5.24. The molecule has 60 valence electrons. The number of unbranched alkanes of at least 4 members (excludes halogenated alkanes) is 2. The second-order valence-electron chi connectivity index (χ2n) is 2.13. The van der Waals surface area contributed by atoms with Crippen molar-refractivity contribution in [3.8, 4) is 0 Å². The normalized spacial score (nSPS) is 9.40. The van der Waals surface area contributed by atoms with Crippen LogP contribution in [0.2, 0.25) is 0 Å². The van der Waals surface area contributed by atoms with E-state index in [1.54, 1.807) is 0 Å². The molecule has 0 unspecified atom stereocenters. The first-order valence-corrected chi connectivity index (χ1v) is 4.16. The van der Waals surface area contributed by atoms with Crippen molar-refractivity contribution in [3.63, 3.8) is 0 Å². The highest BCUT2D eigenvalue weighted by atomic mass is 35.5. The third kappa shape index (κ3) is 4.82. The zero-order chi connectivity index (χ0) is 7.98. The molecule has 0 amide bonds.